The number of nitrogens with one attached hydrogen (secondary N) is 1. The molecule has 1 aromatic carbocycles. The summed E-state index contributed by atoms with van der Waals surface area (Å²) in [5.41, 5.74) is 2.56. The Balaban J connectivity index is 2.09. The minimum Gasteiger partial charge on any atom is -0.381 e. The fourth-order valence-corrected chi connectivity index (χ4v) is 3.00. The molecular formula is C17H27ClN2O. The van der Waals surface area contributed by atoms with Crippen molar-refractivity contribution in [2.24, 2.45) is 5.92 Å². The summed E-state index contributed by atoms with van der Waals surface area (Å²) < 4.78 is 5.47. The number of anilines is 1. The van der Waals surface area contributed by atoms with Crippen LogP contribution in [0, 0.1) is 5.92 Å². The van der Waals surface area contributed by atoms with E-state index in [1.807, 2.05) is 6.07 Å². The summed E-state index contributed by atoms with van der Waals surface area (Å²) in [6.07, 6.45) is 2.19. The van der Waals surface area contributed by atoms with Crippen LogP contribution in [0.1, 0.15) is 32.3 Å². The van der Waals surface area contributed by atoms with Crippen molar-refractivity contribution in [3.8, 4) is 0 Å². The molecule has 0 saturated carbocycles. The third kappa shape index (κ3) is 4.87. The Morgan fingerprint density at radius 2 is 2.05 bits per heavy atom. The minimum atomic E-state index is 0.559. The van der Waals surface area contributed by atoms with Crippen LogP contribution in [0.25, 0.3) is 0 Å². The van der Waals surface area contributed by atoms with E-state index in [2.05, 4.69) is 43.2 Å². The predicted octanol–water partition coefficient (Wildman–Crippen LogP) is 3.70. The molecule has 0 amide bonds. The predicted molar refractivity (Wildman–Crippen MR) is 90.2 cm³/mol. The lowest BCUT2D eigenvalue weighted by Gasteiger charge is -2.34. The van der Waals surface area contributed by atoms with Crippen LogP contribution in [0.4, 0.5) is 5.69 Å². The molecule has 1 fully saturated rings. The van der Waals surface area contributed by atoms with Crippen LogP contribution in [0.15, 0.2) is 18.2 Å². The SMILES string of the molecule is CC(C)CNCc1cc(Cl)ccc1N(C)C1CCOCC1. The van der Waals surface area contributed by atoms with Gasteiger partial charge < -0.3 is 15.0 Å². The number of benzene rings is 1. The highest BCUT2D eigenvalue weighted by atomic mass is 35.5. The van der Waals surface area contributed by atoms with Gasteiger partial charge in [0.1, 0.15) is 0 Å². The summed E-state index contributed by atoms with van der Waals surface area (Å²) in [5.74, 6) is 0.654. The van der Waals surface area contributed by atoms with Gasteiger partial charge in [-0.1, -0.05) is 25.4 Å². The van der Waals surface area contributed by atoms with Crippen molar-refractivity contribution in [1.29, 1.82) is 0 Å². The number of nitrogens with zero attached hydrogens (tertiary/aromatic N) is 1. The van der Waals surface area contributed by atoms with Crippen LogP contribution in [-0.4, -0.2) is 32.8 Å². The lowest BCUT2D eigenvalue weighted by atomic mass is 10.0. The van der Waals surface area contributed by atoms with Gasteiger partial charge in [-0.15, -0.1) is 0 Å². The molecule has 1 aliphatic rings. The average molecular weight is 311 g/mol. The number of hydrogen-bond donors (Lipinski definition) is 1. The van der Waals surface area contributed by atoms with Crippen LogP contribution in [0.3, 0.4) is 0 Å². The molecule has 1 N–H and O–H groups in total. The van der Waals surface area contributed by atoms with Crippen molar-refractivity contribution in [1.82, 2.24) is 5.32 Å². The van der Waals surface area contributed by atoms with Gasteiger partial charge in [0.25, 0.3) is 0 Å². The monoisotopic (exact) mass is 310 g/mol. The molecule has 0 bridgehead atoms. The molecule has 0 atom stereocenters. The fourth-order valence-electron chi connectivity index (χ4n) is 2.80. The third-order valence-electron chi connectivity index (χ3n) is 4.03. The van der Waals surface area contributed by atoms with Crippen molar-refractivity contribution >= 4 is 17.3 Å². The highest BCUT2D eigenvalue weighted by molar-refractivity contribution is 6.30. The normalized spacial score (nSPS) is 16.4. The quantitative estimate of drug-likeness (QED) is 0.867. The summed E-state index contributed by atoms with van der Waals surface area (Å²) in [7, 11) is 2.19. The Kier molecular flexibility index (Phi) is 6.34. The Hall–Kier alpha value is -0.770. The molecule has 118 valence electrons. The maximum absolute atomic E-state index is 6.18. The van der Waals surface area contributed by atoms with Crippen molar-refractivity contribution < 1.29 is 4.74 Å². The van der Waals surface area contributed by atoms with Gasteiger partial charge in [-0.2, -0.15) is 0 Å². The maximum atomic E-state index is 6.18. The summed E-state index contributed by atoms with van der Waals surface area (Å²) in [5, 5.41) is 4.32. The van der Waals surface area contributed by atoms with Crippen LogP contribution < -0.4 is 10.2 Å². The molecule has 0 radical (unpaired) electrons. The molecule has 21 heavy (non-hydrogen) atoms. The molecule has 2 rings (SSSR count). The van der Waals surface area contributed by atoms with E-state index < -0.39 is 0 Å². The van der Waals surface area contributed by atoms with Gasteiger partial charge in [-0.25, -0.2) is 0 Å². The van der Waals surface area contributed by atoms with Gasteiger partial charge in [0.15, 0.2) is 0 Å². The molecular weight excluding hydrogens is 284 g/mol. The Labute approximate surface area is 133 Å². The number of rotatable bonds is 6. The van der Waals surface area contributed by atoms with E-state index >= 15 is 0 Å². The topological polar surface area (TPSA) is 24.5 Å². The molecule has 1 aliphatic heterocycles. The first kappa shape index (κ1) is 16.6. The number of halogens is 1. The fraction of sp³-hybridized carbons (Fsp3) is 0.647. The molecule has 0 aromatic heterocycles. The summed E-state index contributed by atoms with van der Waals surface area (Å²) in [6.45, 7) is 8.06. The van der Waals surface area contributed by atoms with E-state index in [4.69, 9.17) is 16.3 Å². The lowest BCUT2D eigenvalue weighted by Crippen LogP contribution is -2.37. The molecule has 0 unspecified atom stereocenters. The van der Waals surface area contributed by atoms with Crippen LogP contribution in [0.2, 0.25) is 5.02 Å². The number of hydrogen-bond acceptors (Lipinski definition) is 3. The summed E-state index contributed by atoms with van der Waals surface area (Å²) in [4.78, 5) is 2.39. The second-order valence-corrected chi connectivity index (χ2v) is 6.69. The largest absolute Gasteiger partial charge is 0.381 e. The van der Waals surface area contributed by atoms with E-state index in [9.17, 15) is 0 Å². The molecule has 4 heteroatoms. The average Bonchev–Trinajstić information content (AvgIpc) is 2.47. The molecule has 0 aliphatic carbocycles. The first-order valence-electron chi connectivity index (χ1n) is 7.87. The van der Waals surface area contributed by atoms with Crippen molar-refractivity contribution in [3.63, 3.8) is 0 Å². The molecule has 1 heterocycles. The van der Waals surface area contributed by atoms with E-state index in [0.29, 0.717) is 12.0 Å². The van der Waals surface area contributed by atoms with E-state index in [0.717, 1.165) is 44.2 Å². The Bertz CT molecular complexity index is 444. The summed E-state index contributed by atoms with van der Waals surface area (Å²) >= 11 is 6.18. The van der Waals surface area contributed by atoms with E-state index in [-0.39, 0.29) is 0 Å². The zero-order valence-corrected chi connectivity index (χ0v) is 14.1. The van der Waals surface area contributed by atoms with Crippen molar-refractivity contribution in [2.45, 2.75) is 39.3 Å². The molecule has 0 spiro atoms. The van der Waals surface area contributed by atoms with Crippen molar-refractivity contribution in [2.75, 3.05) is 31.7 Å². The van der Waals surface area contributed by atoms with E-state index in [1.54, 1.807) is 0 Å². The lowest BCUT2D eigenvalue weighted by molar-refractivity contribution is 0.0854. The van der Waals surface area contributed by atoms with Gasteiger partial charge in [0.05, 0.1) is 0 Å². The second-order valence-electron chi connectivity index (χ2n) is 6.25. The second kappa shape index (κ2) is 8.02. The van der Waals surface area contributed by atoms with Gasteiger partial charge >= 0.3 is 0 Å². The third-order valence-corrected chi connectivity index (χ3v) is 4.26. The smallest absolute Gasteiger partial charge is 0.0485 e. The first-order valence-corrected chi connectivity index (χ1v) is 8.25. The van der Waals surface area contributed by atoms with E-state index in [1.165, 1.54) is 11.3 Å². The number of ether oxygens (including phenoxy) is 1. The Morgan fingerprint density at radius 3 is 2.71 bits per heavy atom. The van der Waals surface area contributed by atoms with Crippen LogP contribution in [-0.2, 0) is 11.3 Å². The van der Waals surface area contributed by atoms with Gasteiger partial charge in [-0.3, -0.25) is 0 Å². The van der Waals surface area contributed by atoms with Crippen molar-refractivity contribution in [3.05, 3.63) is 28.8 Å². The summed E-state index contributed by atoms with van der Waals surface area (Å²) in [6, 6.07) is 6.77. The van der Waals surface area contributed by atoms with Gasteiger partial charge in [0, 0.05) is 43.6 Å². The zero-order valence-electron chi connectivity index (χ0n) is 13.4. The first-order chi connectivity index (χ1) is 10.1. The highest BCUT2D eigenvalue weighted by Gasteiger charge is 2.20. The highest BCUT2D eigenvalue weighted by Crippen LogP contribution is 2.27. The standard InChI is InChI=1S/C17H27ClN2O/c1-13(2)11-19-12-14-10-15(18)4-5-17(14)20(3)16-6-8-21-9-7-16/h4-5,10,13,16,19H,6-9,11-12H2,1-3H3. The zero-order chi connectivity index (χ0) is 15.2. The van der Waals surface area contributed by atoms with Crippen LogP contribution in [0.5, 0.6) is 0 Å². The molecule has 3 nitrogen and oxygen atoms in total. The molecule has 1 saturated heterocycles. The Morgan fingerprint density at radius 1 is 1.33 bits per heavy atom. The molecule has 1 aromatic rings. The van der Waals surface area contributed by atoms with Gasteiger partial charge in [0.2, 0.25) is 0 Å². The maximum Gasteiger partial charge on any atom is 0.0485 e. The van der Waals surface area contributed by atoms with Crippen LogP contribution >= 0.6 is 11.6 Å². The van der Waals surface area contributed by atoms with Gasteiger partial charge in [-0.05, 0) is 49.1 Å². The minimum absolute atomic E-state index is 0.559.